The van der Waals surface area contributed by atoms with Gasteiger partial charge in [-0.15, -0.1) is 0 Å². The molecule has 0 atom stereocenters. The lowest BCUT2D eigenvalue weighted by Crippen LogP contribution is -2.29. The maximum Gasteiger partial charge on any atom is 0.300 e. The second kappa shape index (κ2) is 6.12. The number of hydrogen-bond donors (Lipinski definition) is 2. The molecular formula is C13H16N4O2. The number of carbonyl (C=O) groups is 1. The molecule has 0 aliphatic heterocycles. The second-order valence-corrected chi connectivity index (χ2v) is 4.23. The zero-order chi connectivity index (χ0) is 13.7. The Kier molecular flexibility index (Phi) is 4.27. The van der Waals surface area contributed by atoms with Crippen LogP contribution in [-0.2, 0) is 13.1 Å². The van der Waals surface area contributed by atoms with E-state index >= 15 is 0 Å². The van der Waals surface area contributed by atoms with Crippen LogP contribution in [0.5, 0.6) is 0 Å². The average Bonchev–Trinajstić information content (AvgIpc) is 2.87. The van der Waals surface area contributed by atoms with Gasteiger partial charge >= 0.3 is 5.91 Å². The van der Waals surface area contributed by atoms with Crippen molar-refractivity contribution in [3.63, 3.8) is 0 Å². The average molecular weight is 260 g/mol. The lowest BCUT2D eigenvalue weighted by Gasteiger charge is -2.14. The van der Waals surface area contributed by atoms with E-state index in [0.717, 1.165) is 5.69 Å². The van der Waals surface area contributed by atoms with Gasteiger partial charge in [0.15, 0.2) is 5.76 Å². The third kappa shape index (κ3) is 3.64. The normalized spacial score (nSPS) is 10.7. The first kappa shape index (κ1) is 13.3. The van der Waals surface area contributed by atoms with Crippen LogP contribution in [-0.4, -0.2) is 22.8 Å². The topological polar surface area (TPSA) is 84.4 Å². The van der Waals surface area contributed by atoms with Gasteiger partial charge in [-0.3, -0.25) is 20.1 Å². The summed E-state index contributed by atoms with van der Waals surface area (Å²) >= 11 is 0. The molecule has 6 nitrogen and oxygen atoms in total. The van der Waals surface area contributed by atoms with Crippen LogP contribution in [0.2, 0.25) is 0 Å². The van der Waals surface area contributed by atoms with Crippen molar-refractivity contribution < 1.29 is 9.21 Å². The van der Waals surface area contributed by atoms with Gasteiger partial charge in [0.1, 0.15) is 5.76 Å². The molecule has 0 saturated heterocycles. The highest BCUT2D eigenvalue weighted by molar-refractivity contribution is 5.90. The number of hydrogen-bond acceptors (Lipinski definition) is 5. The van der Waals surface area contributed by atoms with Gasteiger partial charge in [0.2, 0.25) is 0 Å². The van der Waals surface area contributed by atoms with E-state index in [0.29, 0.717) is 18.8 Å². The molecule has 1 amide bonds. The van der Waals surface area contributed by atoms with Crippen molar-refractivity contribution in [2.75, 3.05) is 7.05 Å². The van der Waals surface area contributed by atoms with Crippen LogP contribution in [0.25, 0.3) is 0 Å². The molecule has 0 spiro atoms. The number of hydrazine groups is 1. The summed E-state index contributed by atoms with van der Waals surface area (Å²) in [5.74, 6) is 5.52. The minimum atomic E-state index is -0.432. The van der Waals surface area contributed by atoms with Crippen LogP contribution < -0.4 is 11.3 Å². The van der Waals surface area contributed by atoms with Crippen molar-refractivity contribution in [1.29, 1.82) is 0 Å². The SMILES string of the molecule is CN(Cc1ccccn1)Cc1ccc(C(=O)NN)o1. The Labute approximate surface area is 111 Å². The van der Waals surface area contributed by atoms with Gasteiger partial charge in [-0.25, -0.2) is 5.84 Å². The van der Waals surface area contributed by atoms with Crippen molar-refractivity contribution in [1.82, 2.24) is 15.3 Å². The highest BCUT2D eigenvalue weighted by atomic mass is 16.4. The molecular weight excluding hydrogens is 244 g/mol. The Morgan fingerprint density at radius 2 is 2.21 bits per heavy atom. The van der Waals surface area contributed by atoms with Crippen molar-refractivity contribution in [2.24, 2.45) is 5.84 Å². The first-order valence-corrected chi connectivity index (χ1v) is 5.87. The monoisotopic (exact) mass is 260 g/mol. The lowest BCUT2D eigenvalue weighted by atomic mass is 10.3. The summed E-state index contributed by atoms with van der Waals surface area (Å²) in [7, 11) is 1.96. The molecule has 0 saturated carbocycles. The molecule has 2 aromatic rings. The molecule has 6 heteroatoms. The number of carbonyl (C=O) groups excluding carboxylic acids is 1. The van der Waals surface area contributed by atoms with Gasteiger partial charge in [0.05, 0.1) is 12.2 Å². The Balaban J connectivity index is 1.94. The number of nitrogen functional groups attached to an aromatic ring is 1. The van der Waals surface area contributed by atoms with Crippen LogP contribution in [0.4, 0.5) is 0 Å². The zero-order valence-corrected chi connectivity index (χ0v) is 10.7. The molecule has 0 bridgehead atoms. The van der Waals surface area contributed by atoms with Crippen molar-refractivity contribution in [3.05, 3.63) is 53.7 Å². The maximum absolute atomic E-state index is 11.3. The van der Waals surface area contributed by atoms with Gasteiger partial charge in [0.25, 0.3) is 0 Å². The van der Waals surface area contributed by atoms with Gasteiger partial charge in [0, 0.05) is 12.7 Å². The molecule has 2 heterocycles. The molecule has 2 rings (SSSR count). The predicted octanol–water partition coefficient (Wildman–Crippen LogP) is 0.910. The number of nitrogens with zero attached hydrogens (tertiary/aromatic N) is 2. The summed E-state index contributed by atoms with van der Waals surface area (Å²) in [4.78, 5) is 17.6. The van der Waals surface area contributed by atoms with Crippen LogP contribution in [0.1, 0.15) is 22.0 Å². The van der Waals surface area contributed by atoms with Crippen molar-refractivity contribution in [3.8, 4) is 0 Å². The van der Waals surface area contributed by atoms with E-state index < -0.39 is 5.91 Å². The summed E-state index contributed by atoms with van der Waals surface area (Å²) in [6, 6.07) is 9.16. The molecule has 0 aliphatic rings. The largest absolute Gasteiger partial charge is 0.455 e. The fourth-order valence-electron chi connectivity index (χ4n) is 1.75. The van der Waals surface area contributed by atoms with E-state index in [-0.39, 0.29) is 5.76 Å². The lowest BCUT2D eigenvalue weighted by molar-refractivity contribution is 0.0922. The van der Waals surface area contributed by atoms with Crippen LogP contribution in [0, 0.1) is 0 Å². The van der Waals surface area contributed by atoms with E-state index in [1.54, 1.807) is 18.3 Å². The van der Waals surface area contributed by atoms with Gasteiger partial charge in [-0.05, 0) is 31.3 Å². The molecule has 0 unspecified atom stereocenters. The van der Waals surface area contributed by atoms with Crippen molar-refractivity contribution in [2.45, 2.75) is 13.1 Å². The Hall–Kier alpha value is -2.18. The minimum Gasteiger partial charge on any atom is -0.455 e. The van der Waals surface area contributed by atoms with E-state index in [9.17, 15) is 4.79 Å². The summed E-state index contributed by atoms with van der Waals surface area (Å²) in [5, 5.41) is 0. The fraction of sp³-hybridized carbons (Fsp3) is 0.231. The first-order valence-electron chi connectivity index (χ1n) is 5.87. The fourth-order valence-corrected chi connectivity index (χ4v) is 1.75. The molecule has 0 fully saturated rings. The first-order chi connectivity index (χ1) is 9.19. The van der Waals surface area contributed by atoms with E-state index in [1.165, 1.54) is 0 Å². The highest BCUT2D eigenvalue weighted by Gasteiger charge is 2.11. The van der Waals surface area contributed by atoms with E-state index in [4.69, 9.17) is 10.3 Å². The number of rotatable bonds is 5. The zero-order valence-electron chi connectivity index (χ0n) is 10.7. The van der Waals surface area contributed by atoms with Gasteiger partial charge < -0.3 is 4.42 Å². The number of aromatic nitrogens is 1. The summed E-state index contributed by atoms with van der Waals surface area (Å²) in [6.45, 7) is 1.30. The quantitative estimate of drug-likeness (QED) is 0.474. The summed E-state index contributed by atoms with van der Waals surface area (Å²) in [6.07, 6.45) is 1.76. The van der Waals surface area contributed by atoms with E-state index in [1.807, 2.05) is 35.6 Å². The standard InChI is InChI=1S/C13H16N4O2/c1-17(8-10-4-2-3-7-15-10)9-11-5-6-12(19-11)13(18)16-14/h2-7H,8-9,14H2,1H3,(H,16,18). The second-order valence-electron chi connectivity index (χ2n) is 4.23. The number of amides is 1. The van der Waals surface area contributed by atoms with Crippen LogP contribution in [0.3, 0.4) is 0 Å². The molecule has 3 N–H and O–H groups in total. The number of furan rings is 1. The predicted molar refractivity (Wildman–Crippen MR) is 69.8 cm³/mol. The van der Waals surface area contributed by atoms with Crippen molar-refractivity contribution >= 4 is 5.91 Å². The highest BCUT2D eigenvalue weighted by Crippen LogP contribution is 2.11. The summed E-state index contributed by atoms with van der Waals surface area (Å²) in [5.41, 5.74) is 3.01. The molecule has 0 radical (unpaired) electrons. The summed E-state index contributed by atoms with van der Waals surface area (Å²) < 4.78 is 5.39. The Morgan fingerprint density at radius 1 is 1.37 bits per heavy atom. The number of nitrogens with two attached hydrogens (primary N) is 1. The van der Waals surface area contributed by atoms with Gasteiger partial charge in [-0.1, -0.05) is 6.07 Å². The smallest absolute Gasteiger partial charge is 0.300 e. The molecule has 0 aromatic carbocycles. The molecule has 100 valence electrons. The number of nitrogens with one attached hydrogen (secondary N) is 1. The molecule has 2 aromatic heterocycles. The Morgan fingerprint density at radius 3 is 2.89 bits per heavy atom. The Bertz CT molecular complexity index is 539. The van der Waals surface area contributed by atoms with Crippen LogP contribution in [0.15, 0.2) is 40.9 Å². The molecule has 0 aliphatic carbocycles. The third-order valence-electron chi connectivity index (χ3n) is 2.60. The van der Waals surface area contributed by atoms with Gasteiger partial charge in [-0.2, -0.15) is 0 Å². The van der Waals surface area contributed by atoms with Crippen LogP contribution >= 0.6 is 0 Å². The number of pyridine rings is 1. The maximum atomic E-state index is 11.3. The molecule has 19 heavy (non-hydrogen) atoms. The van der Waals surface area contributed by atoms with E-state index in [2.05, 4.69) is 4.98 Å². The minimum absolute atomic E-state index is 0.212. The third-order valence-corrected chi connectivity index (χ3v) is 2.60.